The zero-order chi connectivity index (χ0) is 18.4. The lowest BCUT2D eigenvalue weighted by Gasteiger charge is -2.22. The van der Waals surface area contributed by atoms with E-state index in [1.165, 1.54) is 11.9 Å². The monoisotopic (exact) mass is 350 g/mol. The van der Waals surface area contributed by atoms with E-state index in [1.54, 1.807) is 0 Å². The summed E-state index contributed by atoms with van der Waals surface area (Å²) in [5, 5.41) is 0. The molecule has 3 rings (SSSR count). The first-order valence-electron chi connectivity index (χ1n) is 9.16. The number of aryl methyl sites for hydroxylation is 2. The van der Waals surface area contributed by atoms with Crippen LogP contribution in [0.25, 0.3) is 6.08 Å². The van der Waals surface area contributed by atoms with Crippen molar-refractivity contribution >= 4 is 12.0 Å². The fourth-order valence-corrected chi connectivity index (χ4v) is 3.32. The molecule has 0 saturated carbocycles. The molecule has 0 aliphatic carbocycles. The molecule has 26 heavy (non-hydrogen) atoms. The van der Waals surface area contributed by atoms with Gasteiger partial charge in [0.2, 0.25) is 0 Å². The molecule has 0 radical (unpaired) electrons. The fraction of sp³-hybridized carbons (Fsp3) is 0.381. The van der Waals surface area contributed by atoms with Crippen LogP contribution in [0.4, 0.5) is 0 Å². The van der Waals surface area contributed by atoms with E-state index in [4.69, 9.17) is 0 Å². The van der Waals surface area contributed by atoms with Crippen LogP contribution in [-0.2, 0) is 0 Å². The van der Waals surface area contributed by atoms with Gasteiger partial charge in [0.1, 0.15) is 6.33 Å². The number of hydrogen-bond acceptors (Lipinski definition) is 4. The van der Waals surface area contributed by atoms with Crippen LogP contribution in [-0.4, -0.2) is 58.4 Å². The molecular weight excluding hydrogens is 324 g/mol. The smallest absolute Gasteiger partial charge is 0.257 e. The maximum absolute atomic E-state index is 12.9. The number of nitrogens with zero attached hydrogens (tertiary/aromatic N) is 4. The highest BCUT2D eigenvalue weighted by atomic mass is 16.2. The molecule has 1 aromatic carbocycles. The molecule has 0 atom stereocenters. The Bertz CT molecular complexity index is 753. The van der Waals surface area contributed by atoms with Gasteiger partial charge in [0, 0.05) is 32.7 Å². The van der Waals surface area contributed by atoms with Gasteiger partial charge in [-0.05, 0) is 25.8 Å². The third-order valence-electron chi connectivity index (χ3n) is 4.79. The molecule has 1 aliphatic heterocycles. The normalized spacial score (nSPS) is 16.0. The van der Waals surface area contributed by atoms with Gasteiger partial charge in [0.15, 0.2) is 0 Å². The predicted molar refractivity (Wildman–Crippen MR) is 104 cm³/mol. The van der Waals surface area contributed by atoms with Gasteiger partial charge in [-0.25, -0.2) is 9.97 Å². The number of carbonyl (C=O) groups excluding carboxylic acids is 1. The predicted octanol–water partition coefficient (Wildman–Crippen LogP) is 2.95. The highest BCUT2D eigenvalue weighted by molar-refractivity contribution is 5.96. The van der Waals surface area contributed by atoms with Crippen LogP contribution < -0.4 is 0 Å². The highest BCUT2D eigenvalue weighted by Crippen LogP contribution is 2.14. The van der Waals surface area contributed by atoms with Crippen LogP contribution in [0.2, 0.25) is 0 Å². The van der Waals surface area contributed by atoms with Crippen molar-refractivity contribution < 1.29 is 4.79 Å². The summed E-state index contributed by atoms with van der Waals surface area (Å²) in [7, 11) is 0. The molecule has 2 heterocycles. The summed E-state index contributed by atoms with van der Waals surface area (Å²) in [4.78, 5) is 25.6. The van der Waals surface area contributed by atoms with Crippen molar-refractivity contribution in [1.29, 1.82) is 0 Å². The second-order valence-corrected chi connectivity index (χ2v) is 6.68. The van der Waals surface area contributed by atoms with Crippen LogP contribution in [0.1, 0.15) is 33.7 Å². The maximum atomic E-state index is 12.9. The minimum atomic E-state index is 0.0577. The van der Waals surface area contributed by atoms with Crippen LogP contribution >= 0.6 is 0 Å². The molecule has 2 aromatic rings. The van der Waals surface area contributed by atoms with Gasteiger partial charge in [-0.1, -0.05) is 42.5 Å². The molecule has 1 fully saturated rings. The minimum Gasteiger partial charge on any atom is -0.337 e. The molecule has 1 saturated heterocycles. The number of aromatic nitrogens is 2. The van der Waals surface area contributed by atoms with E-state index < -0.39 is 0 Å². The molecule has 5 nitrogen and oxygen atoms in total. The molecule has 1 amide bonds. The third kappa shape index (κ3) is 4.55. The molecule has 136 valence electrons. The summed E-state index contributed by atoms with van der Waals surface area (Å²) in [6, 6.07) is 10.3. The second kappa shape index (κ2) is 8.72. The molecule has 5 heteroatoms. The number of benzene rings is 1. The molecule has 1 aliphatic rings. The SMILES string of the molecule is Cc1ncnc(C)c1C(=O)N1CCCN(C/C=C/c2ccccc2)CC1. The first-order chi connectivity index (χ1) is 12.6. The van der Waals surface area contributed by atoms with Gasteiger partial charge in [-0.2, -0.15) is 0 Å². The maximum Gasteiger partial charge on any atom is 0.257 e. The Labute approximate surface area is 155 Å². The lowest BCUT2D eigenvalue weighted by Crippen LogP contribution is -2.36. The molecule has 0 spiro atoms. The van der Waals surface area contributed by atoms with Gasteiger partial charge in [0.25, 0.3) is 5.91 Å². The van der Waals surface area contributed by atoms with Crippen LogP contribution in [0, 0.1) is 13.8 Å². The van der Waals surface area contributed by atoms with E-state index in [2.05, 4.69) is 39.2 Å². The zero-order valence-electron chi connectivity index (χ0n) is 15.6. The van der Waals surface area contributed by atoms with E-state index in [9.17, 15) is 4.79 Å². The Morgan fingerprint density at radius 1 is 1.04 bits per heavy atom. The van der Waals surface area contributed by atoms with E-state index >= 15 is 0 Å². The largest absolute Gasteiger partial charge is 0.337 e. The average Bonchev–Trinajstić information content (AvgIpc) is 2.88. The number of carbonyl (C=O) groups is 1. The molecule has 0 bridgehead atoms. The van der Waals surface area contributed by atoms with Gasteiger partial charge in [0.05, 0.1) is 17.0 Å². The van der Waals surface area contributed by atoms with Gasteiger partial charge in [-0.15, -0.1) is 0 Å². The summed E-state index contributed by atoms with van der Waals surface area (Å²) in [5.41, 5.74) is 3.39. The number of hydrogen-bond donors (Lipinski definition) is 0. The molecule has 0 unspecified atom stereocenters. The van der Waals surface area contributed by atoms with Crippen molar-refractivity contribution in [3.05, 3.63) is 65.2 Å². The third-order valence-corrected chi connectivity index (χ3v) is 4.79. The van der Waals surface area contributed by atoms with E-state index in [-0.39, 0.29) is 5.91 Å². The summed E-state index contributed by atoms with van der Waals surface area (Å²) < 4.78 is 0. The minimum absolute atomic E-state index is 0.0577. The Kier molecular flexibility index (Phi) is 6.12. The summed E-state index contributed by atoms with van der Waals surface area (Å²) in [6.07, 6.45) is 6.86. The standard InChI is InChI=1S/C21H26N4O/c1-17-20(18(2)23-16-22-17)21(26)25-13-7-12-24(14-15-25)11-6-10-19-8-4-3-5-9-19/h3-6,8-10,16H,7,11-15H2,1-2H3/b10-6+. The first kappa shape index (κ1) is 18.3. The number of rotatable bonds is 4. The lowest BCUT2D eigenvalue weighted by molar-refractivity contribution is 0.0759. The Balaban J connectivity index is 1.58. The topological polar surface area (TPSA) is 49.3 Å². The molecule has 1 aromatic heterocycles. The quantitative estimate of drug-likeness (QED) is 0.851. The van der Waals surface area contributed by atoms with Crippen molar-refractivity contribution in [2.75, 3.05) is 32.7 Å². The lowest BCUT2D eigenvalue weighted by atomic mass is 10.1. The second-order valence-electron chi connectivity index (χ2n) is 6.68. The van der Waals surface area contributed by atoms with E-state index in [1.807, 2.05) is 36.9 Å². The summed E-state index contributed by atoms with van der Waals surface area (Å²) >= 11 is 0. The summed E-state index contributed by atoms with van der Waals surface area (Å²) in [6.45, 7) is 8.07. The van der Waals surface area contributed by atoms with Crippen molar-refractivity contribution in [2.24, 2.45) is 0 Å². The zero-order valence-corrected chi connectivity index (χ0v) is 15.6. The average molecular weight is 350 g/mol. The van der Waals surface area contributed by atoms with Crippen LogP contribution in [0.5, 0.6) is 0 Å². The summed E-state index contributed by atoms with van der Waals surface area (Å²) in [5.74, 6) is 0.0577. The van der Waals surface area contributed by atoms with E-state index in [0.29, 0.717) is 5.56 Å². The van der Waals surface area contributed by atoms with Crippen molar-refractivity contribution in [2.45, 2.75) is 20.3 Å². The Morgan fingerprint density at radius 3 is 2.50 bits per heavy atom. The van der Waals surface area contributed by atoms with Crippen molar-refractivity contribution in [1.82, 2.24) is 19.8 Å². The number of amides is 1. The highest BCUT2D eigenvalue weighted by Gasteiger charge is 2.23. The van der Waals surface area contributed by atoms with Gasteiger partial charge in [-0.3, -0.25) is 9.69 Å². The van der Waals surface area contributed by atoms with Gasteiger partial charge >= 0.3 is 0 Å². The molecule has 0 N–H and O–H groups in total. The van der Waals surface area contributed by atoms with Crippen molar-refractivity contribution in [3.8, 4) is 0 Å². The van der Waals surface area contributed by atoms with Gasteiger partial charge < -0.3 is 4.90 Å². The van der Waals surface area contributed by atoms with Crippen LogP contribution in [0.3, 0.4) is 0 Å². The first-order valence-corrected chi connectivity index (χ1v) is 9.16. The van der Waals surface area contributed by atoms with Crippen LogP contribution in [0.15, 0.2) is 42.7 Å². The van der Waals surface area contributed by atoms with Crippen molar-refractivity contribution in [3.63, 3.8) is 0 Å². The van der Waals surface area contributed by atoms with E-state index in [0.717, 1.165) is 50.5 Å². The Morgan fingerprint density at radius 2 is 1.77 bits per heavy atom. The molecular formula is C21H26N4O. The Hall–Kier alpha value is -2.53. The fourth-order valence-electron chi connectivity index (χ4n) is 3.32.